The number of rotatable bonds is 7. The number of hydrogen-bond acceptors (Lipinski definition) is 7. The fraction of sp³-hybridized carbons (Fsp3) is 0.192. The first-order valence-electron chi connectivity index (χ1n) is 11.1. The van der Waals surface area contributed by atoms with Gasteiger partial charge in [0.05, 0.1) is 18.4 Å². The molecule has 2 N–H and O–H groups in total. The fourth-order valence-electron chi connectivity index (χ4n) is 4.08. The lowest BCUT2D eigenvalue weighted by molar-refractivity contribution is -0.113. The summed E-state index contributed by atoms with van der Waals surface area (Å²) >= 11 is 3.17. The number of nitrogens with zero attached hydrogens (tertiary/aromatic N) is 3. The van der Waals surface area contributed by atoms with E-state index < -0.39 is 0 Å². The summed E-state index contributed by atoms with van der Waals surface area (Å²) in [5.41, 5.74) is 4.39. The topological polar surface area (TPSA) is 81.1 Å². The van der Waals surface area contributed by atoms with Gasteiger partial charge >= 0.3 is 0 Å². The second-order valence-electron chi connectivity index (χ2n) is 8.18. The molecule has 35 heavy (non-hydrogen) atoms. The van der Waals surface area contributed by atoms with Crippen LogP contribution >= 0.6 is 23.1 Å². The van der Waals surface area contributed by atoms with E-state index in [4.69, 9.17) is 14.8 Å². The van der Waals surface area contributed by atoms with Crippen LogP contribution in [0, 0.1) is 6.92 Å². The van der Waals surface area contributed by atoms with Crippen LogP contribution in [-0.2, 0) is 10.5 Å². The second kappa shape index (κ2) is 9.97. The summed E-state index contributed by atoms with van der Waals surface area (Å²) in [6.45, 7) is 3.98. The molecule has 7 nitrogen and oxygen atoms in total. The zero-order valence-corrected chi connectivity index (χ0v) is 21.2. The van der Waals surface area contributed by atoms with Crippen molar-refractivity contribution >= 4 is 40.6 Å². The van der Waals surface area contributed by atoms with Crippen molar-refractivity contribution in [1.29, 1.82) is 0 Å². The van der Waals surface area contributed by atoms with Gasteiger partial charge in [0.1, 0.15) is 11.8 Å². The number of thioether (sulfide) groups is 1. The minimum atomic E-state index is -0.387. The molecule has 0 saturated carbocycles. The Labute approximate surface area is 212 Å². The molecule has 0 fully saturated rings. The molecule has 2 aromatic heterocycles. The van der Waals surface area contributed by atoms with E-state index in [2.05, 4.69) is 41.8 Å². The number of allylic oxidation sites excluding steroid dienone is 1. The Kier molecular flexibility index (Phi) is 6.61. The van der Waals surface area contributed by atoms with E-state index in [1.165, 1.54) is 11.1 Å². The summed E-state index contributed by atoms with van der Waals surface area (Å²) in [6, 6.07) is 19.4. The van der Waals surface area contributed by atoms with Gasteiger partial charge in [0.25, 0.3) is 5.91 Å². The second-order valence-corrected chi connectivity index (χ2v) is 10.1. The van der Waals surface area contributed by atoms with Crippen LogP contribution in [0.5, 0.6) is 5.75 Å². The maximum atomic E-state index is 13.6. The van der Waals surface area contributed by atoms with Gasteiger partial charge in [0, 0.05) is 16.3 Å². The minimum absolute atomic E-state index is 0.215. The molecule has 0 bridgehead atoms. The van der Waals surface area contributed by atoms with Gasteiger partial charge in [-0.3, -0.25) is 4.79 Å². The number of carbonyl (C=O) groups is 1. The van der Waals surface area contributed by atoms with Crippen molar-refractivity contribution in [2.45, 2.75) is 30.8 Å². The molecule has 0 spiro atoms. The van der Waals surface area contributed by atoms with E-state index in [1.807, 2.05) is 53.4 Å². The molecule has 0 aliphatic carbocycles. The molecule has 1 unspecified atom stereocenters. The number of carbonyl (C=O) groups excluding carboxylic acids is 1. The maximum absolute atomic E-state index is 13.6. The van der Waals surface area contributed by atoms with Crippen LogP contribution in [-0.4, -0.2) is 27.8 Å². The lowest BCUT2D eigenvalue weighted by atomic mass is 10.0. The Bertz CT molecular complexity index is 1390. The number of para-hydroxylation sites is 2. The summed E-state index contributed by atoms with van der Waals surface area (Å²) in [7, 11) is 1.59. The Balaban J connectivity index is 1.45. The first kappa shape index (κ1) is 23.2. The van der Waals surface area contributed by atoms with E-state index in [0.29, 0.717) is 28.1 Å². The van der Waals surface area contributed by atoms with Crippen LogP contribution in [0.3, 0.4) is 0 Å². The van der Waals surface area contributed by atoms with Gasteiger partial charge in [-0.15, -0.1) is 16.4 Å². The van der Waals surface area contributed by atoms with Crippen molar-refractivity contribution in [3.63, 3.8) is 0 Å². The lowest BCUT2D eigenvalue weighted by Gasteiger charge is -2.27. The third kappa shape index (κ3) is 4.82. The Morgan fingerprint density at radius 2 is 2.03 bits per heavy atom. The highest BCUT2D eigenvalue weighted by Crippen LogP contribution is 2.39. The van der Waals surface area contributed by atoms with Gasteiger partial charge in [-0.25, -0.2) is 4.68 Å². The number of benzene rings is 2. The summed E-state index contributed by atoms with van der Waals surface area (Å²) in [4.78, 5) is 19.3. The van der Waals surface area contributed by atoms with Crippen LogP contribution in [0.2, 0.25) is 0 Å². The highest BCUT2D eigenvalue weighted by Gasteiger charge is 2.35. The van der Waals surface area contributed by atoms with E-state index >= 15 is 0 Å². The highest BCUT2D eigenvalue weighted by molar-refractivity contribution is 7.98. The number of hydrogen-bond donors (Lipinski definition) is 2. The molecule has 0 saturated heterocycles. The first-order valence-corrected chi connectivity index (χ1v) is 13.0. The van der Waals surface area contributed by atoms with Crippen LogP contribution in [0.15, 0.2) is 82.5 Å². The van der Waals surface area contributed by atoms with Crippen LogP contribution in [0.25, 0.3) is 0 Å². The fourth-order valence-corrected chi connectivity index (χ4v) is 5.67. The van der Waals surface area contributed by atoms with Crippen LogP contribution in [0.4, 0.5) is 11.6 Å². The van der Waals surface area contributed by atoms with E-state index in [1.54, 1.807) is 30.2 Å². The number of aryl methyl sites for hydroxylation is 1. The van der Waals surface area contributed by atoms with Crippen molar-refractivity contribution in [3.8, 4) is 5.75 Å². The van der Waals surface area contributed by atoms with Crippen molar-refractivity contribution in [1.82, 2.24) is 14.8 Å². The molecule has 4 aromatic rings. The van der Waals surface area contributed by atoms with E-state index in [-0.39, 0.29) is 11.9 Å². The molecule has 9 heteroatoms. The molecule has 1 aliphatic heterocycles. The molecular weight excluding hydrogens is 478 g/mol. The first-order chi connectivity index (χ1) is 17.0. The number of ether oxygens (including phenoxy) is 1. The highest BCUT2D eigenvalue weighted by atomic mass is 32.2. The summed E-state index contributed by atoms with van der Waals surface area (Å²) in [5.74, 6) is 1.78. The average Bonchev–Trinajstić information content (AvgIpc) is 3.52. The number of methoxy groups -OCH3 is 1. The van der Waals surface area contributed by atoms with Gasteiger partial charge in [0.2, 0.25) is 11.1 Å². The molecule has 5 rings (SSSR count). The van der Waals surface area contributed by atoms with E-state index in [9.17, 15) is 4.79 Å². The number of thiophene rings is 1. The largest absolute Gasteiger partial charge is 0.495 e. The molecular formula is C26H25N5O2S2. The van der Waals surface area contributed by atoms with Crippen LogP contribution in [0.1, 0.15) is 29.0 Å². The molecule has 2 aromatic carbocycles. The van der Waals surface area contributed by atoms with Gasteiger partial charge in [-0.2, -0.15) is 4.98 Å². The van der Waals surface area contributed by atoms with E-state index in [0.717, 1.165) is 16.3 Å². The zero-order chi connectivity index (χ0) is 24.4. The number of nitrogens with one attached hydrogen (secondary N) is 2. The molecule has 0 radical (unpaired) electrons. The van der Waals surface area contributed by atoms with Crippen molar-refractivity contribution in [3.05, 3.63) is 93.3 Å². The molecule has 1 amide bonds. The Morgan fingerprint density at radius 1 is 1.17 bits per heavy atom. The average molecular weight is 504 g/mol. The zero-order valence-electron chi connectivity index (χ0n) is 19.6. The molecule has 1 atom stereocenters. The third-order valence-corrected chi connectivity index (χ3v) is 7.53. The predicted octanol–water partition coefficient (Wildman–Crippen LogP) is 5.88. The number of amides is 1. The number of aromatic nitrogens is 3. The standard InChI is InChI=1S/C26H25N5O2S2/c1-16-8-6-9-18(14-16)15-35-26-29-25-27-17(2)22(23(31(25)30-26)21-12-7-13-34-21)24(32)28-19-10-4-5-11-20(19)33-3/h4-14,23H,15H2,1-3H3,(H,28,32)(H,27,29,30). The van der Waals surface area contributed by atoms with Crippen molar-refractivity contribution in [2.24, 2.45) is 0 Å². The van der Waals surface area contributed by atoms with Gasteiger partial charge in [0.15, 0.2) is 0 Å². The summed E-state index contributed by atoms with van der Waals surface area (Å²) in [5, 5.41) is 13.8. The Morgan fingerprint density at radius 3 is 2.80 bits per heavy atom. The van der Waals surface area contributed by atoms with Crippen molar-refractivity contribution < 1.29 is 9.53 Å². The smallest absolute Gasteiger partial charge is 0.256 e. The normalized spacial score (nSPS) is 14.9. The SMILES string of the molecule is COc1ccccc1NC(=O)C1=C(C)Nc2nc(SCc3cccc(C)c3)nn2C1c1cccs1. The maximum Gasteiger partial charge on any atom is 0.256 e. The minimum Gasteiger partial charge on any atom is -0.495 e. The molecule has 3 heterocycles. The third-order valence-electron chi connectivity index (χ3n) is 5.70. The lowest BCUT2D eigenvalue weighted by Crippen LogP contribution is -2.31. The van der Waals surface area contributed by atoms with Crippen molar-refractivity contribution in [2.75, 3.05) is 17.7 Å². The van der Waals surface area contributed by atoms with Gasteiger partial charge in [-0.05, 0) is 43.0 Å². The Hall–Kier alpha value is -3.56. The quantitative estimate of drug-likeness (QED) is 0.307. The van der Waals surface area contributed by atoms with Gasteiger partial charge in [-0.1, -0.05) is 59.8 Å². The molecule has 178 valence electrons. The van der Waals surface area contributed by atoms with Crippen LogP contribution < -0.4 is 15.4 Å². The predicted molar refractivity (Wildman–Crippen MR) is 141 cm³/mol. The summed E-state index contributed by atoms with van der Waals surface area (Å²) < 4.78 is 7.23. The molecule has 1 aliphatic rings. The summed E-state index contributed by atoms with van der Waals surface area (Å²) in [6.07, 6.45) is 0. The van der Waals surface area contributed by atoms with Gasteiger partial charge < -0.3 is 15.4 Å². The number of fused-ring (bicyclic) bond motifs is 1. The monoisotopic (exact) mass is 503 g/mol. The number of anilines is 2.